The minimum absolute atomic E-state index is 0.197. The van der Waals surface area contributed by atoms with E-state index >= 15 is 0 Å². The number of aromatic nitrogens is 2. The smallest absolute Gasteiger partial charge is 0.265 e. The number of aryl methyl sites for hydroxylation is 1. The number of H-pyrrole nitrogens is 1. The molecular weight excluding hydrogens is 319 g/mol. The van der Waals surface area contributed by atoms with E-state index < -0.39 is 0 Å². The molecule has 0 saturated carbocycles. The molecule has 0 saturated heterocycles. The molecule has 18 heavy (non-hydrogen) atoms. The lowest BCUT2D eigenvalue weighted by Gasteiger charge is -2.03. The van der Waals surface area contributed by atoms with E-state index in [9.17, 15) is 9.18 Å². The van der Waals surface area contributed by atoms with Crippen LogP contribution in [0.2, 0.25) is 0 Å². The van der Waals surface area contributed by atoms with E-state index in [1.54, 1.807) is 13.0 Å². The normalized spacial score (nSPS) is 10.6. The summed E-state index contributed by atoms with van der Waals surface area (Å²) in [4.78, 5) is 19.2. The number of thioether (sulfide) groups is 1. The molecule has 0 fully saturated rings. The number of halogens is 2. The van der Waals surface area contributed by atoms with Crippen LogP contribution in [0.5, 0.6) is 0 Å². The first-order valence-electron chi connectivity index (χ1n) is 5.20. The van der Waals surface area contributed by atoms with Gasteiger partial charge in [0.15, 0.2) is 0 Å². The minimum atomic E-state index is -0.270. The second kappa shape index (κ2) is 5.67. The molecule has 0 aliphatic heterocycles. The number of hydrogen-bond donors (Lipinski definition) is 1. The largest absolute Gasteiger partial charge is 0.309 e. The van der Waals surface area contributed by atoms with Crippen molar-refractivity contribution in [2.75, 3.05) is 0 Å². The molecule has 0 atom stereocenters. The first kappa shape index (κ1) is 13.3. The van der Waals surface area contributed by atoms with Crippen molar-refractivity contribution in [3.05, 3.63) is 56.4 Å². The summed E-state index contributed by atoms with van der Waals surface area (Å²) in [6.45, 7) is 1.76. The van der Waals surface area contributed by atoms with Gasteiger partial charge >= 0.3 is 0 Å². The molecule has 94 valence electrons. The highest BCUT2D eigenvalue weighted by molar-refractivity contribution is 9.10. The van der Waals surface area contributed by atoms with Gasteiger partial charge in [0.25, 0.3) is 5.56 Å². The van der Waals surface area contributed by atoms with Crippen molar-refractivity contribution in [3.8, 4) is 0 Å². The summed E-state index contributed by atoms with van der Waals surface area (Å²) in [6, 6.07) is 6.32. The monoisotopic (exact) mass is 328 g/mol. The summed E-state index contributed by atoms with van der Waals surface area (Å²) >= 11 is 4.58. The maximum absolute atomic E-state index is 13.0. The van der Waals surface area contributed by atoms with Crippen LogP contribution in [-0.4, -0.2) is 9.97 Å². The van der Waals surface area contributed by atoms with E-state index in [1.165, 1.54) is 23.9 Å². The van der Waals surface area contributed by atoms with Gasteiger partial charge in [0, 0.05) is 4.90 Å². The van der Waals surface area contributed by atoms with Gasteiger partial charge in [-0.1, -0.05) is 6.07 Å². The van der Waals surface area contributed by atoms with Gasteiger partial charge < -0.3 is 4.98 Å². The van der Waals surface area contributed by atoms with E-state index in [0.29, 0.717) is 21.7 Å². The van der Waals surface area contributed by atoms with E-state index in [-0.39, 0.29) is 11.4 Å². The lowest BCUT2D eigenvalue weighted by molar-refractivity contribution is 0.624. The van der Waals surface area contributed by atoms with Gasteiger partial charge in [-0.25, -0.2) is 9.37 Å². The van der Waals surface area contributed by atoms with Gasteiger partial charge in [-0.15, -0.1) is 11.8 Å². The van der Waals surface area contributed by atoms with Crippen LogP contribution < -0.4 is 5.56 Å². The van der Waals surface area contributed by atoms with Crippen LogP contribution in [0.15, 0.2) is 38.4 Å². The number of hydrogen-bond acceptors (Lipinski definition) is 3. The molecule has 1 N–H and O–H groups in total. The number of aromatic amines is 1. The molecule has 0 bridgehead atoms. The van der Waals surface area contributed by atoms with Gasteiger partial charge in [-0.05, 0) is 41.1 Å². The second-order valence-electron chi connectivity index (χ2n) is 3.66. The predicted octanol–water partition coefficient (Wildman–Crippen LogP) is 3.27. The Morgan fingerprint density at radius 2 is 2.28 bits per heavy atom. The Morgan fingerprint density at radius 1 is 1.50 bits per heavy atom. The SMILES string of the molecule is Cc1nc(CSc2cccc(F)c2)[nH]c(=O)c1Br. The van der Waals surface area contributed by atoms with Gasteiger partial charge in [0.1, 0.15) is 16.1 Å². The van der Waals surface area contributed by atoms with Crippen molar-refractivity contribution < 1.29 is 4.39 Å². The maximum Gasteiger partial charge on any atom is 0.265 e. The Hall–Kier alpha value is -1.14. The fraction of sp³-hybridized carbons (Fsp3) is 0.167. The van der Waals surface area contributed by atoms with Crippen molar-refractivity contribution in [1.82, 2.24) is 9.97 Å². The molecule has 0 unspecified atom stereocenters. The van der Waals surface area contributed by atoms with Crippen LogP contribution in [-0.2, 0) is 5.75 Å². The average molecular weight is 329 g/mol. The van der Waals surface area contributed by atoms with E-state index in [0.717, 1.165) is 4.90 Å². The zero-order valence-corrected chi connectivity index (χ0v) is 11.9. The fourth-order valence-electron chi connectivity index (χ4n) is 1.41. The fourth-order valence-corrected chi connectivity index (χ4v) is 2.41. The molecule has 1 aromatic heterocycles. The minimum Gasteiger partial charge on any atom is -0.309 e. The molecule has 0 aliphatic rings. The summed E-state index contributed by atoms with van der Waals surface area (Å²) in [5, 5.41) is 0. The Balaban J connectivity index is 2.14. The van der Waals surface area contributed by atoms with Crippen molar-refractivity contribution in [2.45, 2.75) is 17.6 Å². The molecule has 0 amide bonds. The third-order valence-corrected chi connectivity index (χ3v) is 4.19. The lowest BCUT2D eigenvalue weighted by Crippen LogP contribution is -2.13. The zero-order chi connectivity index (χ0) is 13.1. The third kappa shape index (κ3) is 3.20. The summed E-state index contributed by atoms with van der Waals surface area (Å²) in [5.41, 5.74) is 0.450. The first-order valence-corrected chi connectivity index (χ1v) is 6.98. The predicted molar refractivity (Wildman–Crippen MR) is 73.3 cm³/mol. The molecule has 1 aromatic carbocycles. The number of nitrogens with zero attached hydrogens (tertiary/aromatic N) is 1. The Bertz CT molecular complexity index is 630. The molecule has 0 aliphatic carbocycles. The third-order valence-electron chi connectivity index (χ3n) is 2.25. The van der Waals surface area contributed by atoms with Crippen LogP contribution in [0.1, 0.15) is 11.5 Å². The lowest BCUT2D eigenvalue weighted by atomic mass is 10.4. The molecule has 2 rings (SSSR count). The maximum atomic E-state index is 13.0. The van der Waals surface area contributed by atoms with Crippen LogP contribution in [0.3, 0.4) is 0 Å². The second-order valence-corrected chi connectivity index (χ2v) is 5.50. The summed E-state index contributed by atoms with van der Waals surface area (Å²) in [7, 11) is 0. The van der Waals surface area contributed by atoms with Gasteiger partial charge in [0.2, 0.25) is 0 Å². The van der Waals surface area contributed by atoms with E-state index in [1.807, 2.05) is 6.07 Å². The molecule has 0 spiro atoms. The van der Waals surface area contributed by atoms with Crippen LogP contribution in [0.25, 0.3) is 0 Å². The quantitative estimate of drug-likeness (QED) is 0.879. The van der Waals surface area contributed by atoms with Crippen molar-refractivity contribution in [1.29, 1.82) is 0 Å². The molecule has 2 aromatic rings. The highest BCUT2D eigenvalue weighted by Gasteiger charge is 2.05. The van der Waals surface area contributed by atoms with Crippen molar-refractivity contribution in [2.24, 2.45) is 0 Å². The van der Waals surface area contributed by atoms with Crippen molar-refractivity contribution >= 4 is 27.7 Å². The molecule has 3 nitrogen and oxygen atoms in total. The standard InChI is InChI=1S/C12H10BrFN2OS/c1-7-11(13)12(17)16-10(15-7)6-18-9-4-2-3-8(14)5-9/h2-5H,6H2,1H3,(H,15,16,17). The average Bonchev–Trinajstić information content (AvgIpc) is 2.33. The highest BCUT2D eigenvalue weighted by atomic mass is 79.9. The van der Waals surface area contributed by atoms with Crippen LogP contribution in [0.4, 0.5) is 4.39 Å². The highest BCUT2D eigenvalue weighted by Crippen LogP contribution is 2.22. The molecule has 1 heterocycles. The van der Waals surface area contributed by atoms with E-state index in [4.69, 9.17) is 0 Å². The Morgan fingerprint density at radius 3 is 2.94 bits per heavy atom. The number of nitrogens with one attached hydrogen (secondary N) is 1. The number of rotatable bonds is 3. The Kier molecular flexibility index (Phi) is 4.19. The topological polar surface area (TPSA) is 45.8 Å². The van der Waals surface area contributed by atoms with Gasteiger partial charge in [-0.2, -0.15) is 0 Å². The van der Waals surface area contributed by atoms with Gasteiger partial charge in [0.05, 0.1) is 11.4 Å². The molecular formula is C12H10BrFN2OS. The first-order chi connectivity index (χ1) is 8.56. The van der Waals surface area contributed by atoms with E-state index in [2.05, 4.69) is 25.9 Å². The summed E-state index contributed by atoms with van der Waals surface area (Å²) in [5.74, 6) is 0.802. The summed E-state index contributed by atoms with van der Waals surface area (Å²) in [6.07, 6.45) is 0. The molecule has 6 heteroatoms. The van der Waals surface area contributed by atoms with Crippen molar-refractivity contribution in [3.63, 3.8) is 0 Å². The molecule has 0 radical (unpaired) electrons. The van der Waals surface area contributed by atoms with Crippen LogP contribution >= 0.6 is 27.7 Å². The van der Waals surface area contributed by atoms with Gasteiger partial charge in [-0.3, -0.25) is 4.79 Å². The Labute approximate surface area is 116 Å². The number of benzene rings is 1. The summed E-state index contributed by atoms with van der Waals surface area (Å²) < 4.78 is 13.4. The zero-order valence-electron chi connectivity index (χ0n) is 9.54. The van der Waals surface area contributed by atoms with Crippen LogP contribution in [0, 0.1) is 12.7 Å².